The molecule has 1 aromatic heterocycles. The molecule has 1 aliphatic carbocycles. The number of amides is 1. The van der Waals surface area contributed by atoms with Gasteiger partial charge in [-0.2, -0.15) is 0 Å². The second-order valence-electron chi connectivity index (χ2n) is 7.39. The fourth-order valence-electron chi connectivity index (χ4n) is 3.61. The van der Waals surface area contributed by atoms with E-state index in [0.29, 0.717) is 6.61 Å². The first-order chi connectivity index (χ1) is 12.7. The van der Waals surface area contributed by atoms with Crippen LogP contribution in [0.4, 0.5) is 0 Å². The molecule has 1 saturated carbocycles. The Labute approximate surface area is 162 Å². The molecular formula is C20H24N2O4S. The van der Waals surface area contributed by atoms with Gasteiger partial charge >= 0.3 is 5.97 Å². The maximum atomic E-state index is 12.8. The van der Waals surface area contributed by atoms with Crippen LogP contribution in [-0.2, 0) is 9.53 Å². The van der Waals surface area contributed by atoms with Crippen LogP contribution < -0.4 is 5.32 Å². The molecule has 0 saturated heterocycles. The van der Waals surface area contributed by atoms with Crippen LogP contribution in [0.3, 0.4) is 0 Å². The molecule has 1 aromatic carbocycles. The van der Waals surface area contributed by atoms with Crippen molar-refractivity contribution in [1.82, 2.24) is 10.3 Å². The van der Waals surface area contributed by atoms with Gasteiger partial charge in [0.1, 0.15) is 16.2 Å². The van der Waals surface area contributed by atoms with E-state index in [1.54, 1.807) is 5.38 Å². The van der Waals surface area contributed by atoms with E-state index in [9.17, 15) is 14.7 Å². The van der Waals surface area contributed by atoms with Crippen LogP contribution >= 0.6 is 11.3 Å². The van der Waals surface area contributed by atoms with Gasteiger partial charge in [-0.05, 0) is 19.4 Å². The Morgan fingerprint density at radius 3 is 2.67 bits per heavy atom. The van der Waals surface area contributed by atoms with Gasteiger partial charge in [-0.3, -0.25) is 4.79 Å². The predicted octanol–water partition coefficient (Wildman–Crippen LogP) is 3.51. The molecule has 3 rings (SSSR count). The molecule has 1 heterocycles. The summed E-state index contributed by atoms with van der Waals surface area (Å²) in [4.78, 5) is 29.2. The highest BCUT2D eigenvalue weighted by Crippen LogP contribution is 2.51. The zero-order valence-corrected chi connectivity index (χ0v) is 16.7. The van der Waals surface area contributed by atoms with Gasteiger partial charge in [-0.25, -0.2) is 9.78 Å². The van der Waals surface area contributed by atoms with Crippen LogP contribution in [0.1, 0.15) is 43.2 Å². The number of aryl methyl sites for hydroxylation is 1. The van der Waals surface area contributed by atoms with Gasteiger partial charge in [0, 0.05) is 29.4 Å². The van der Waals surface area contributed by atoms with Crippen molar-refractivity contribution in [3.8, 4) is 10.6 Å². The number of carbonyl (C=O) groups excluding carboxylic acids is 1. The van der Waals surface area contributed by atoms with Gasteiger partial charge < -0.3 is 15.2 Å². The Bertz CT molecular complexity index is 876. The number of hydrogen-bond acceptors (Lipinski definition) is 5. The van der Waals surface area contributed by atoms with Gasteiger partial charge in [-0.15, -0.1) is 11.3 Å². The third-order valence-electron chi connectivity index (χ3n) is 5.57. The quantitative estimate of drug-likeness (QED) is 0.791. The molecule has 0 aliphatic heterocycles. The molecule has 0 spiro atoms. The lowest BCUT2D eigenvalue weighted by atomic mass is 9.54. The Hall–Kier alpha value is -2.25. The van der Waals surface area contributed by atoms with E-state index in [1.807, 2.05) is 52.0 Å². The highest BCUT2D eigenvalue weighted by molar-refractivity contribution is 7.13. The number of thiazole rings is 1. The van der Waals surface area contributed by atoms with E-state index in [0.717, 1.165) is 16.1 Å². The largest absolute Gasteiger partial charge is 0.479 e. The zero-order chi connectivity index (χ0) is 19.8. The molecule has 2 N–H and O–H groups in total. The van der Waals surface area contributed by atoms with Crippen LogP contribution in [0, 0.1) is 12.3 Å². The topological polar surface area (TPSA) is 88.5 Å². The van der Waals surface area contributed by atoms with Gasteiger partial charge in [-0.1, -0.05) is 38.1 Å². The van der Waals surface area contributed by atoms with Gasteiger partial charge in [0.15, 0.2) is 0 Å². The lowest BCUT2D eigenvalue weighted by molar-refractivity contribution is -0.190. The second-order valence-corrected chi connectivity index (χ2v) is 8.25. The average molecular weight is 388 g/mol. The number of carboxylic acids is 1. The van der Waals surface area contributed by atoms with Crippen LogP contribution in [-0.4, -0.2) is 40.2 Å². The van der Waals surface area contributed by atoms with E-state index in [2.05, 4.69) is 10.3 Å². The van der Waals surface area contributed by atoms with Crippen molar-refractivity contribution in [2.45, 2.75) is 45.8 Å². The number of aromatic nitrogens is 1. The van der Waals surface area contributed by atoms with Gasteiger partial charge in [0.25, 0.3) is 5.91 Å². The zero-order valence-electron chi connectivity index (χ0n) is 15.9. The molecule has 1 aliphatic rings. The fourth-order valence-corrected chi connectivity index (χ4v) is 4.50. The van der Waals surface area contributed by atoms with Crippen LogP contribution in [0.15, 0.2) is 29.6 Å². The summed E-state index contributed by atoms with van der Waals surface area (Å²) >= 11 is 1.37. The first kappa shape index (κ1) is 19.5. The predicted molar refractivity (Wildman–Crippen MR) is 104 cm³/mol. The van der Waals surface area contributed by atoms with E-state index >= 15 is 0 Å². The molecule has 1 amide bonds. The minimum atomic E-state index is -1.36. The number of nitrogens with zero attached hydrogens (tertiary/aromatic N) is 1. The average Bonchev–Trinajstić information content (AvgIpc) is 3.10. The van der Waals surface area contributed by atoms with Crippen LogP contribution in [0.5, 0.6) is 0 Å². The molecule has 6 nitrogen and oxygen atoms in total. The molecule has 2 unspecified atom stereocenters. The third kappa shape index (κ3) is 3.15. The number of ether oxygens (including phenoxy) is 1. The van der Waals surface area contributed by atoms with E-state index in [1.165, 1.54) is 11.3 Å². The molecule has 0 radical (unpaired) electrons. The first-order valence-electron chi connectivity index (χ1n) is 8.92. The summed E-state index contributed by atoms with van der Waals surface area (Å²) in [7, 11) is 0. The SMILES string of the molecule is CCOC1CC(NC(=O)c2csc(-c3ccccc3C)n2)(C(=O)O)C1(C)C. The number of nitrogens with one attached hydrogen (secondary N) is 1. The highest BCUT2D eigenvalue weighted by atomic mass is 32.1. The Morgan fingerprint density at radius 1 is 1.37 bits per heavy atom. The first-order valence-corrected chi connectivity index (χ1v) is 9.80. The Balaban J connectivity index is 1.83. The van der Waals surface area contributed by atoms with Crippen molar-refractivity contribution >= 4 is 23.2 Å². The summed E-state index contributed by atoms with van der Waals surface area (Å²) in [6.07, 6.45) is 0.0285. The molecule has 2 aromatic rings. The second kappa shape index (κ2) is 7.05. The fraction of sp³-hybridized carbons (Fsp3) is 0.450. The van der Waals surface area contributed by atoms with Crippen molar-refractivity contribution in [2.24, 2.45) is 5.41 Å². The standard InChI is InChI=1S/C20H24N2O4S/c1-5-26-15-10-20(18(24)25,19(15,3)4)22-16(23)14-11-27-17(21-14)13-9-7-6-8-12(13)2/h6-9,11,15H,5,10H2,1-4H3,(H,22,23)(H,24,25). The van der Waals surface area contributed by atoms with E-state index < -0.39 is 22.8 Å². The maximum absolute atomic E-state index is 12.8. The summed E-state index contributed by atoms with van der Waals surface area (Å²) in [6.45, 7) is 7.98. The van der Waals surface area contributed by atoms with Gasteiger partial charge in [0.05, 0.1) is 6.10 Å². The van der Waals surface area contributed by atoms with Crippen molar-refractivity contribution in [2.75, 3.05) is 6.61 Å². The molecule has 2 atom stereocenters. The maximum Gasteiger partial charge on any atom is 0.330 e. The normalized spacial score (nSPS) is 23.5. The summed E-state index contributed by atoms with van der Waals surface area (Å²) in [5.74, 6) is -1.53. The van der Waals surface area contributed by atoms with Crippen molar-refractivity contribution in [1.29, 1.82) is 0 Å². The molecule has 144 valence electrons. The van der Waals surface area contributed by atoms with E-state index in [4.69, 9.17) is 4.74 Å². The number of hydrogen-bond donors (Lipinski definition) is 2. The minimum absolute atomic E-state index is 0.211. The van der Waals surface area contributed by atoms with Crippen molar-refractivity contribution < 1.29 is 19.4 Å². The van der Waals surface area contributed by atoms with Crippen LogP contribution in [0.2, 0.25) is 0 Å². The summed E-state index contributed by atoms with van der Waals surface area (Å²) in [6, 6.07) is 7.81. The number of carboxylic acid groups (broad SMARTS) is 1. The Morgan fingerprint density at radius 2 is 2.07 bits per heavy atom. The number of rotatable bonds is 6. The minimum Gasteiger partial charge on any atom is -0.479 e. The lowest BCUT2D eigenvalue weighted by Crippen LogP contribution is -2.76. The third-order valence-corrected chi connectivity index (χ3v) is 6.44. The number of aliphatic carboxylic acids is 1. The molecule has 27 heavy (non-hydrogen) atoms. The molecular weight excluding hydrogens is 364 g/mol. The summed E-state index contributed by atoms with van der Waals surface area (Å²) < 4.78 is 5.63. The number of carbonyl (C=O) groups is 2. The molecule has 1 fully saturated rings. The van der Waals surface area contributed by atoms with Gasteiger partial charge in [0.2, 0.25) is 0 Å². The van der Waals surface area contributed by atoms with E-state index in [-0.39, 0.29) is 18.2 Å². The molecule has 0 bridgehead atoms. The summed E-state index contributed by atoms with van der Waals surface area (Å²) in [5.41, 5.74) is 0.181. The molecule has 7 heteroatoms. The van der Waals surface area contributed by atoms with Crippen LogP contribution in [0.25, 0.3) is 10.6 Å². The Kier molecular flexibility index (Phi) is 5.10. The van der Waals surface area contributed by atoms with Crippen molar-refractivity contribution in [3.63, 3.8) is 0 Å². The smallest absolute Gasteiger partial charge is 0.330 e. The van der Waals surface area contributed by atoms with Crippen molar-refractivity contribution in [3.05, 3.63) is 40.9 Å². The lowest BCUT2D eigenvalue weighted by Gasteiger charge is -2.58. The monoisotopic (exact) mass is 388 g/mol. The highest BCUT2D eigenvalue weighted by Gasteiger charge is 2.66. The number of benzene rings is 1. The summed E-state index contributed by atoms with van der Waals surface area (Å²) in [5, 5.41) is 15.0.